The molecule has 0 aromatic heterocycles. The van der Waals surface area contributed by atoms with Gasteiger partial charge >= 0.3 is 11.9 Å². The molecular weight excluding hydrogens is 363 g/mol. The molecule has 0 saturated carbocycles. The third-order valence-corrected chi connectivity index (χ3v) is 3.12. The Balaban J connectivity index is 0.000000797. The zero-order valence-electron chi connectivity index (χ0n) is 15.3. The summed E-state index contributed by atoms with van der Waals surface area (Å²) >= 11 is 0. The summed E-state index contributed by atoms with van der Waals surface area (Å²) in [6.07, 6.45) is 9.18. The highest BCUT2D eigenvalue weighted by molar-refractivity contribution is 5.91. The third-order valence-electron chi connectivity index (χ3n) is 3.12. The molecule has 1 unspecified atom stereocenters. The molecule has 1 rings (SSSR count). The van der Waals surface area contributed by atoms with Crippen LogP contribution in [0.15, 0.2) is 47.6 Å². The van der Waals surface area contributed by atoms with Crippen LogP contribution >= 0.6 is 0 Å². The number of hydrogen-bond donors (Lipinski definition) is 1. The fraction of sp³-hybridized carbons (Fsp3) is 0.389. The van der Waals surface area contributed by atoms with Gasteiger partial charge in [-0.2, -0.15) is 4.89 Å². The molecule has 9 heteroatoms. The quantitative estimate of drug-likeness (QED) is 0.122. The summed E-state index contributed by atoms with van der Waals surface area (Å²) in [4.78, 5) is 36.4. The van der Waals surface area contributed by atoms with Gasteiger partial charge in [0.25, 0.3) is 18.9 Å². The SMILES string of the molecule is C/C=C\C(=C/C)C(=O)O[C@@H](OOF)C(OC=O)C(=O)O.CC1=CCCC=C1. The Morgan fingerprint density at radius 2 is 2.00 bits per heavy atom. The summed E-state index contributed by atoms with van der Waals surface area (Å²) in [7, 11) is 0. The fourth-order valence-corrected chi connectivity index (χ4v) is 1.85. The molecule has 0 bridgehead atoms. The van der Waals surface area contributed by atoms with E-state index in [9.17, 15) is 18.9 Å². The van der Waals surface area contributed by atoms with E-state index in [2.05, 4.69) is 44.6 Å². The van der Waals surface area contributed by atoms with Gasteiger partial charge < -0.3 is 14.6 Å². The molecule has 1 aliphatic rings. The number of esters is 1. The van der Waals surface area contributed by atoms with Crippen molar-refractivity contribution in [1.82, 2.24) is 0 Å². The Kier molecular flexibility index (Phi) is 12.9. The Hall–Kier alpha value is -2.78. The van der Waals surface area contributed by atoms with Gasteiger partial charge in [-0.25, -0.2) is 9.59 Å². The first-order valence-corrected chi connectivity index (χ1v) is 8.00. The predicted octanol–water partition coefficient (Wildman–Crippen LogP) is 3.12. The molecule has 2 atom stereocenters. The van der Waals surface area contributed by atoms with E-state index in [4.69, 9.17) is 5.11 Å². The van der Waals surface area contributed by atoms with Crippen LogP contribution in [0.2, 0.25) is 0 Å². The van der Waals surface area contributed by atoms with E-state index < -0.39 is 24.3 Å². The lowest BCUT2D eigenvalue weighted by molar-refractivity contribution is -0.480. The van der Waals surface area contributed by atoms with Crippen LogP contribution in [-0.4, -0.2) is 35.9 Å². The normalized spacial score (nSPS) is 15.9. The smallest absolute Gasteiger partial charge is 0.351 e. The molecule has 0 aromatic carbocycles. The van der Waals surface area contributed by atoms with Gasteiger partial charge in [-0.05, 0) is 43.2 Å². The molecule has 0 fully saturated rings. The Labute approximate surface area is 156 Å². The highest BCUT2D eigenvalue weighted by Gasteiger charge is 2.36. The van der Waals surface area contributed by atoms with Crippen LogP contribution in [0.5, 0.6) is 0 Å². The second-order valence-electron chi connectivity index (χ2n) is 5.10. The number of hydrogen-bond acceptors (Lipinski definition) is 7. The number of carbonyl (C=O) groups excluding carboxylic acids is 2. The van der Waals surface area contributed by atoms with Crippen LogP contribution in [-0.2, 0) is 33.8 Å². The second kappa shape index (κ2) is 14.4. The van der Waals surface area contributed by atoms with Gasteiger partial charge in [0, 0.05) is 0 Å². The lowest BCUT2D eigenvalue weighted by Crippen LogP contribution is -2.41. The lowest BCUT2D eigenvalue weighted by atomic mass is 10.1. The van der Waals surface area contributed by atoms with Crippen LogP contribution in [0.4, 0.5) is 4.53 Å². The van der Waals surface area contributed by atoms with Crippen molar-refractivity contribution in [1.29, 1.82) is 0 Å². The summed E-state index contributed by atoms with van der Waals surface area (Å²) in [6, 6.07) is 0. The molecular formula is C18H23FO8. The van der Waals surface area contributed by atoms with Crippen LogP contribution in [0, 0.1) is 0 Å². The third kappa shape index (κ3) is 10.1. The molecule has 0 heterocycles. The van der Waals surface area contributed by atoms with Gasteiger partial charge in [0.15, 0.2) is 0 Å². The number of allylic oxidation sites excluding steroid dienone is 6. The van der Waals surface area contributed by atoms with Crippen molar-refractivity contribution >= 4 is 18.4 Å². The maximum atomic E-state index is 11.7. The molecule has 1 aliphatic carbocycles. The van der Waals surface area contributed by atoms with Crippen LogP contribution in [0.1, 0.15) is 33.6 Å². The summed E-state index contributed by atoms with van der Waals surface area (Å²) in [5.41, 5.74) is 1.46. The van der Waals surface area contributed by atoms with E-state index in [1.807, 2.05) is 0 Å². The van der Waals surface area contributed by atoms with E-state index in [0.29, 0.717) is 0 Å². The standard InChI is InChI=1S/C11H13FO8.C7H10/c1-3-5-7(4-2)10(16)18-11(19-20-12)8(9(14)15)17-6-13;1-7-5-3-2-4-6-7/h3-6,8,11H,1-2H3,(H,14,15);3,5-6H,2,4H2,1H3/b5-3-,7-4+;/t8?,11-;/m0./s1. The van der Waals surface area contributed by atoms with E-state index in [1.165, 1.54) is 43.6 Å². The van der Waals surface area contributed by atoms with Gasteiger partial charge in [-0.3, -0.25) is 4.79 Å². The van der Waals surface area contributed by atoms with Crippen molar-refractivity contribution in [2.45, 2.75) is 46.0 Å². The molecule has 0 amide bonds. The van der Waals surface area contributed by atoms with E-state index in [1.54, 1.807) is 6.92 Å². The largest absolute Gasteiger partial charge is 0.478 e. The minimum absolute atomic E-state index is 0.0511. The molecule has 8 nitrogen and oxygen atoms in total. The lowest BCUT2D eigenvalue weighted by Gasteiger charge is -2.19. The molecule has 1 N–H and O–H groups in total. The highest BCUT2D eigenvalue weighted by Crippen LogP contribution is 2.11. The topological polar surface area (TPSA) is 108 Å². The van der Waals surface area contributed by atoms with E-state index >= 15 is 0 Å². The number of halogens is 1. The average molecular weight is 386 g/mol. The van der Waals surface area contributed by atoms with Crippen molar-refractivity contribution in [2.75, 3.05) is 0 Å². The van der Waals surface area contributed by atoms with Crippen molar-refractivity contribution in [3.05, 3.63) is 47.6 Å². The predicted molar refractivity (Wildman–Crippen MR) is 92.4 cm³/mol. The van der Waals surface area contributed by atoms with Gasteiger partial charge in [0.2, 0.25) is 0 Å². The van der Waals surface area contributed by atoms with Crippen LogP contribution in [0.25, 0.3) is 0 Å². The number of carboxylic acids is 1. The number of ether oxygens (including phenoxy) is 2. The summed E-state index contributed by atoms with van der Waals surface area (Å²) in [6.45, 7) is 5.07. The molecule has 150 valence electrons. The van der Waals surface area contributed by atoms with Gasteiger partial charge in [0.05, 0.1) is 5.57 Å². The van der Waals surface area contributed by atoms with E-state index in [0.717, 1.165) is 0 Å². The summed E-state index contributed by atoms with van der Waals surface area (Å²) in [5.74, 6) is -2.74. The van der Waals surface area contributed by atoms with Crippen molar-refractivity contribution in [2.24, 2.45) is 0 Å². The average Bonchev–Trinajstić information content (AvgIpc) is 2.64. The molecule has 0 radical (unpaired) electrons. The van der Waals surface area contributed by atoms with Gasteiger partial charge in [-0.15, -0.1) is 0 Å². The minimum Gasteiger partial charge on any atom is -0.478 e. The van der Waals surface area contributed by atoms with Crippen LogP contribution in [0.3, 0.4) is 0 Å². The van der Waals surface area contributed by atoms with Gasteiger partial charge in [0.1, 0.15) is 0 Å². The Bertz CT molecular complexity index is 606. The Morgan fingerprint density at radius 1 is 1.30 bits per heavy atom. The minimum atomic E-state index is -2.12. The first-order chi connectivity index (χ1) is 12.9. The summed E-state index contributed by atoms with van der Waals surface area (Å²) < 4.78 is 20.4. The molecule has 0 spiro atoms. The second-order valence-corrected chi connectivity index (χ2v) is 5.10. The number of rotatable bonds is 9. The molecule has 0 saturated heterocycles. The maximum Gasteiger partial charge on any atom is 0.351 e. The van der Waals surface area contributed by atoms with Gasteiger partial charge in [-0.1, -0.05) is 42.0 Å². The fourth-order valence-electron chi connectivity index (χ4n) is 1.85. The van der Waals surface area contributed by atoms with Crippen molar-refractivity contribution in [3.8, 4) is 0 Å². The van der Waals surface area contributed by atoms with E-state index in [-0.39, 0.29) is 12.0 Å². The number of carbonyl (C=O) groups is 3. The maximum absolute atomic E-state index is 11.7. The first-order valence-electron chi connectivity index (χ1n) is 8.00. The van der Waals surface area contributed by atoms with Crippen molar-refractivity contribution < 1.29 is 43.5 Å². The molecule has 27 heavy (non-hydrogen) atoms. The Morgan fingerprint density at radius 3 is 2.37 bits per heavy atom. The molecule has 0 aliphatic heterocycles. The number of carboxylic acid groups (broad SMARTS) is 1. The van der Waals surface area contributed by atoms with Crippen molar-refractivity contribution in [3.63, 3.8) is 0 Å². The first kappa shape index (κ1) is 24.2. The zero-order valence-corrected chi connectivity index (χ0v) is 15.3. The number of aliphatic carboxylic acids is 1. The molecule has 0 aromatic rings. The highest BCUT2D eigenvalue weighted by atomic mass is 19.3. The van der Waals surface area contributed by atoms with Crippen LogP contribution < -0.4 is 0 Å². The zero-order chi connectivity index (χ0) is 20.7. The summed E-state index contributed by atoms with van der Waals surface area (Å²) in [5, 5.41) is 11.5. The monoisotopic (exact) mass is 386 g/mol.